The van der Waals surface area contributed by atoms with Crippen molar-refractivity contribution in [2.75, 3.05) is 18.0 Å². The quantitative estimate of drug-likeness (QED) is 0.700. The summed E-state index contributed by atoms with van der Waals surface area (Å²) in [5.74, 6) is 3.52. The van der Waals surface area contributed by atoms with Crippen LogP contribution in [0.1, 0.15) is 57.8 Å². The summed E-state index contributed by atoms with van der Waals surface area (Å²) in [6.45, 7) is 7.51. The second kappa shape index (κ2) is 7.31. The summed E-state index contributed by atoms with van der Waals surface area (Å²) in [5, 5.41) is 22.1. The topological polar surface area (TPSA) is 77.5 Å². The van der Waals surface area contributed by atoms with Crippen molar-refractivity contribution < 1.29 is 0 Å². The van der Waals surface area contributed by atoms with Crippen LogP contribution >= 0.6 is 11.8 Å². The summed E-state index contributed by atoms with van der Waals surface area (Å²) in [6.07, 6.45) is 5.98. The Kier molecular flexibility index (Phi) is 4.91. The molecule has 1 aliphatic carbocycles. The molecule has 25 heavy (non-hydrogen) atoms. The lowest BCUT2D eigenvalue weighted by atomic mass is 10.00. The molecule has 1 saturated heterocycles. The van der Waals surface area contributed by atoms with Gasteiger partial charge in [-0.15, -0.1) is 15.3 Å². The number of hydrogen-bond donors (Lipinski definition) is 0. The van der Waals surface area contributed by atoms with E-state index in [0.29, 0.717) is 6.04 Å². The van der Waals surface area contributed by atoms with Crippen molar-refractivity contribution in [1.82, 2.24) is 35.0 Å². The molecule has 2 aromatic rings. The molecule has 8 nitrogen and oxygen atoms in total. The van der Waals surface area contributed by atoms with Gasteiger partial charge in [-0.2, -0.15) is 0 Å². The number of rotatable bonds is 7. The fraction of sp³-hybridized carbons (Fsp3) is 0.812. The van der Waals surface area contributed by atoms with Crippen LogP contribution in [0.2, 0.25) is 0 Å². The van der Waals surface area contributed by atoms with Crippen molar-refractivity contribution in [3.05, 3.63) is 5.82 Å². The zero-order valence-corrected chi connectivity index (χ0v) is 15.8. The van der Waals surface area contributed by atoms with Crippen molar-refractivity contribution in [3.63, 3.8) is 0 Å². The Bertz CT molecular complexity index is 699. The summed E-state index contributed by atoms with van der Waals surface area (Å²) in [4.78, 5) is 2.41. The maximum Gasteiger partial charge on any atom is 0.228 e. The first-order chi connectivity index (χ1) is 12.3. The molecule has 4 rings (SSSR count). The van der Waals surface area contributed by atoms with Crippen molar-refractivity contribution in [2.24, 2.45) is 5.92 Å². The normalized spacial score (nSPS) is 18.9. The molecule has 0 aromatic carbocycles. The zero-order chi connectivity index (χ0) is 17.2. The van der Waals surface area contributed by atoms with Crippen molar-refractivity contribution in [1.29, 1.82) is 0 Å². The van der Waals surface area contributed by atoms with Gasteiger partial charge in [-0.3, -0.25) is 4.57 Å². The summed E-state index contributed by atoms with van der Waals surface area (Å²) < 4.78 is 4.24. The summed E-state index contributed by atoms with van der Waals surface area (Å²) in [6, 6.07) is 0.568. The summed E-state index contributed by atoms with van der Waals surface area (Å²) in [5.41, 5.74) is 0. The van der Waals surface area contributed by atoms with Gasteiger partial charge in [-0.25, -0.2) is 4.68 Å². The monoisotopic (exact) mass is 362 g/mol. The summed E-state index contributed by atoms with van der Waals surface area (Å²) >= 11 is 1.70. The fourth-order valence-corrected chi connectivity index (χ4v) is 4.22. The van der Waals surface area contributed by atoms with Crippen LogP contribution in [0.25, 0.3) is 0 Å². The number of nitrogens with zero attached hydrogens (tertiary/aromatic N) is 8. The van der Waals surface area contributed by atoms with Crippen LogP contribution in [0.4, 0.5) is 5.95 Å². The van der Waals surface area contributed by atoms with Gasteiger partial charge in [-0.1, -0.05) is 25.6 Å². The van der Waals surface area contributed by atoms with Gasteiger partial charge in [0.15, 0.2) is 11.0 Å². The number of anilines is 1. The Hall–Kier alpha value is -1.64. The van der Waals surface area contributed by atoms with E-state index in [1.807, 2.05) is 4.68 Å². The molecule has 2 aromatic heterocycles. The molecule has 136 valence electrons. The van der Waals surface area contributed by atoms with E-state index in [0.717, 1.165) is 54.7 Å². The van der Waals surface area contributed by atoms with Crippen LogP contribution < -0.4 is 4.90 Å². The SMILES string of the molecule is CCCn1nnnc1CSc1nnc(N2CCC(C)CC2)n1C1CC1. The molecule has 1 aliphatic heterocycles. The first-order valence-electron chi connectivity index (χ1n) is 9.34. The van der Waals surface area contributed by atoms with Crippen LogP contribution in [0.15, 0.2) is 5.16 Å². The van der Waals surface area contributed by atoms with E-state index in [2.05, 4.69) is 49.0 Å². The van der Waals surface area contributed by atoms with E-state index in [1.165, 1.54) is 25.7 Å². The van der Waals surface area contributed by atoms with E-state index in [1.54, 1.807) is 11.8 Å². The third-order valence-electron chi connectivity index (χ3n) is 5.00. The third kappa shape index (κ3) is 3.65. The van der Waals surface area contributed by atoms with E-state index in [9.17, 15) is 0 Å². The zero-order valence-electron chi connectivity index (χ0n) is 15.0. The molecular formula is C16H26N8S. The van der Waals surface area contributed by atoms with E-state index in [4.69, 9.17) is 0 Å². The van der Waals surface area contributed by atoms with Gasteiger partial charge in [-0.05, 0) is 48.4 Å². The van der Waals surface area contributed by atoms with E-state index in [-0.39, 0.29) is 0 Å². The van der Waals surface area contributed by atoms with Gasteiger partial charge in [0.1, 0.15) is 0 Å². The molecule has 9 heteroatoms. The highest BCUT2D eigenvalue weighted by Gasteiger charge is 2.32. The van der Waals surface area contributed by atoms with Gasteiger partial charge in [0.2, 0.25) is 5.95 Å². The molecule has 0 bridgehead atoms. The maximum atomic E-state index is 4.54. The Morgan fingerprint density at radius 3 is 2.60 bits per heavy atom. The molecule has 2 fully saturated rings. The lowest BCUT2D eigenvalue weighted by Crippen LogP contribution is -2.34. The van der Waals surface area contributed by atoms with Crippen molar-refractivity contribution in [3.8, 4) is 0 Å². The number of tetrazole rings is 1. The first-order valence-corrected chi connectivity index (χ1v) is 10.3. The predicted molar refractivity (Wildman–Crippen MR) is 96.6 cm³/mol. The van der Waals surface area contributed by atoms with Gasteiger partial charge >= 0.3 is 0 Å². The van der Waals surface area contributed by atoms with Crippen molar-refractivity contribution >= 4 is 17.7 Å². The molecule has 0 spiro atoms. The molecule has 0 unspecified atom stereocenters. The highest BCUT2D eigenvalue weighted by molar-refractivity contribution is 7.98. The maximum absolute atomic E-state index is 4.54. The minimum absolute atomic E-state index is 0.568. The van der Waals surface area contributed by atoms with Crippen LogP contribution in [-0.4, -0.2) is 48.1 Å². The second-order valence-electron chi connectivity index (χ2n) is 7.16. The molecule has 3 heterocycles. The second-order valence-corrected chi connectivity index (χ2v) is 8.10. The highest BCUT2D eigenvalue weighted by atomic mass is 32.2. The molecule has 0 atom stereocenters. The van der Waals surface area contributed by atoms with Gasteiger partial charge in [0, 0.05) is 25.7 Å². The van der Waals surface area contributed by atoms with Crippen molar-refractivity contribution in [2.45, 2.75) is 69.4 Å². The Morgan fingerprint density at radius 1 is 1.08 bits per heavy atom. The largest absolute Gasteiger partial charge is 0.341 e. The molecule has 1 saturated carbocycles. The molecule has 0 amide bonds. The van der Waals surface area contributed by atoms with Gasteiger partial charge in [0.05, 0.1) is 5.75 Å². The smallest absolute Gasteiger partial charge is 0.228 e. The number of thioether (sulfide) groups is 1. The van der Waals surface area contributed by atoms with Gasteiger partial charge < -0.3 is 4.90 Å². The van der Waals surface area contributed by atoms with Gasteiger partial charge in [0.25, 0.3) is 0 Å². The first kappa shape index (κ1) is 16.8. The number of hydrogen-bond acceptors (Lipinski definition) is 7. The molecular weight excluding hydrogens is 336 g/mol. The predicted octanol–water partition coefficient (Wildman–Crippen LogP) is 2.54. The van der Waals surface area contributed by atoms with E-state index >= 15 is 0 Å². The standard InChI is InChI=1S/C16H26N8S/c1-3-8-23-14(17-20-21-23)11-25-16-19-18-15(24(16)13-4-5-13)22-9-6-12(2)7-10-22/h12-13H,3-11H2,1-2H3. The average Bonchev–Trinajstić information content (AvgIpc) is 3.21. The van der Waals surface area contributed by atoms with Crippen LogP contribution in [0, 0.1) is 5.92 Å². The van der Waals surface area contributed by atoms with E-state index < -0.39 is 0 Å². The number of aryl methyl sites for hydroxylation is 1. The minimum atomic E-state index is 0.568. The van der Waals surface area contributed by atoms with Crippen LogP contribution in [0.3, 0.4) is 0 Å². The lowest BCUT2D eigenvalue weighted by molar-refractivity contribution is 0.429. The Balaban J connectivity index is 1.49. The summed E-state index contributed by atoms with van der Waals surface area (Å²) in [7, 11) is 0. The van der Waals surface area contributed by atoms with Crippen LogP contribution in [0.5, 0.6) is 0 Å². The highest BCUT2D eigenvalue weighted by Crippen LogP contribution is 2.41. The molecule has 0 radical (unpaired) electrons. The Morgan fingerprint density at radius 2 is 1.88 bits per heavy atom. The molecule has 2 aliphatic rings. The number of piperidine rings is 1. The third-order valence-corrected chi connectivity index (χ3v) is 5.94. The molecule has 0 N–H and O–H groups in total. The number of aromatic nitrogens is 7. The lowest BCUT2D eigenvalue weighted by Gasteiger charge is -2.31. The Labute approximate surface area is 152 Å². The minimum Gasteiger partial charge on any atom is -0.341 e. The fourth-order valence-electron chi connectivity index (χ4n) is 3.29. The average molecular weight is 363 g/mol. The van der Waals surface area contributed by atoms with Crippen LogP contribution in [-0.2, 0) is 12.3 Å².